The quantitative estimate of drug-likeness (QED) is 0.244. The van der Waals surface area contributed by atoms with Crippen molar-refractivity contribution in [3.05, 3.63) is 0 Å². The highest BCUT2D eigenvalue weighted by Crippen LogP contribution is 2.00. The number of guanidine groups is 1. The predicted octanol–water partition coefficient (Wildman–Crippen LogP) is 2.51. The van der Waals surface area contributed by atoms with Gasteiger partial charge in [0.15, 0.2) is 5.96 Å². The minimum atomic E-state index is 0. The number of carbonyl (C=O) groups excluding carboxylic acids is 1. The molecule has 0 saturated heterocycles. The fourth-order valence-electron chi connectivity index (χ4n) is 1.97. The molecule has 0 spiro atoms. The van der Waals surface area contributed by atoms with Gasteiger partial charge >= 0.3 is 0 Å². The van der Waals surface area contributed by atoms with Crippen LogP contribution in [0, 0.1) is 0 Å². The van der Waals surface area contributed by atoms with Crippen molar-refractivity contribution in [2.75, 3.05) is 51.8 Å². The van der Waals surface area contributed by atoms with Crippen LogP contribution in [0.4, 0.5) is 0 Å². The monoisotopic (exact) mass is 444 g/mol. The number of likely N-dealkylation sites (N-methyl/N-ethyl adjacent to an activating group) is 2. The SMILES string of the molecule is CCNC(=NCCCCSC)N(C)CC(=O)N(CC)CC.I. The lowest BCUT2D eigenvalue weighted by Gasteiger charge is -2.25. The van der Waals surface area contributed by atoms with Crippen molar-refractivity contribution in [2.24, 2.45) is 4.99 Å². The van der Waals surface area contributed by atoms with Gasteiger partial charge in [-0.15, -0.1) is 24.0 Å². The van der Waals surface area contributed by atoms with Crippen LogP contribution in [0.15, 0.2) is 4.99 Å². The van der Waals surface area contributed by atoms with E-state index in [0.29, 0.717) is 6.54 Å². The maximum atomic E-state index is 12.1. The summed E-state index contributed by atoms with van der Waals surface area (Å²) in [5, 5.41) is 3.25. The summed E-state index contributed by atoms with van der Waals surface area (Å²) in [6.07, 6.45) is 4.40. The molecule has 0 aromatic carbocycles. The van der Waals surface area contributed by atoms with Gasteiger partial charge in [0.2, 0.25) is 5.91 Å². The molecular formula is C15H33IN4OS. The molecular weight excluding hydrogens is 411 g/mol. The molecule has 0 rings (SSSR count). The van der Waals surface area contributed by atoms with Crippen LogP contribution >= 0.6 is 35.7 Å². The van der Waals surface area contributed by atoms with E-state index in [9.17, 15) is 4.79 Å². The Hall–Kier alpha value is -0.180. The van der Waals surface area contributed by atoms with Crippen molar-refractivity contribution in [3.63, 3.8) is 0 Å². The second-order valence-corrected chi connectivity index (χ2v) is 5.84. The zero-order chi connectivity index (χ0) is 16.1. The van der Waals surface area contributed by atoms with E-state index in [-0.39, 0.29) is 29.9 Å². The summed E-state index contributed by atoms with van der Waals surface area (Å²) >= 11 is 1.87. The lowest BCUT2D eigenvalue weighted by Crippen LogP contribution is -2.45. The fourth-order valence-corrected chi connectivity index (χ4v) is 2.46. The number of hydrogen-bond acceptors (Lipinski definition) is 3. The average molecular weight is 444 g/mol. The highest BCUT2D eigenvalue weighted by molar-refractivity contribution is 14.0. The second kappa shape index (κ2) is 15.7. The Morgan fingerprint density at radius 3 is 2.32 bits per heavy atom. The number of carbonyl (C=O) groups is 1. The van der Waals surface area contributed by atoms with Gasteiger partial charge in [0, 0.05) is 33.2 Å². The third kappa shape index (κ3) is 10.5. The zero-order valence-electron chi connectivity index (χ0n) is 14.7. The van der Waals surface area contributed by atoms with E-state index in [1.165, 1.54) is 12.2 Å². The number of halogens is 1. The van der Waals surface area contributed by atoms with E-state index in [0.717, 1.165) is 38.6 Å². The standard InChI is InChI=1S/C15H32N4OS.HI/c1-6-16-15(17-11-9-10-12-21-5)18(4)13-14(20)19(7-2)8-3;/h6-13H2,1-5H3,(H,16,17);1H. The van der Waals surface area contributed by atoms with Gasteiger partial charge in [-0.25, -0.2) is 0 Å². The molecule has 0 radical (unpaired) electrons. The van der Waals surface area contributed by atoms with Crippen LogP contribution in [-0.4, -0.2) is 73.4 Å². The van der Waals surface area contributed by atoms with Crippen molar-refractivity contribution >= 4 is 47.6 Å². The molecule has 22 heavy (non-hydrogen) atoms. The van der Waals surface area contributed by atoms with Crippen LogP contribution in [0.25, 0.3) is 0 Å². The molecule has 0 unspecified atom stereocenters. The molecule has 1 amide bonds. The first-order chi connectivity index (χ1) is 10.1. The van der Waals surface area contributed by atoms with Crippen molar-refractivity contribution in [1.82, 2.24) is 15.1 Å². The van der Waals surface area contributed by atoms with Gasteiger partial charge in [0.05, 0.1) is 6.54 Å². The lowest BCUT2D eigenvalue weighted by atomic mass is 10.3. The fraction of sp³-hybridized carbons (Fsp3) is 0.867. The first-order valence-electron chi connectivity index (χ1n) is 7.86. The average Bonchev–Trinajstić information content (AvgIpc) is 2.47. The van der Waals surface area contributed by atoms with Crippen LogP contribution in [0.3, 0.4) is 0 Å². The predicted molar refractivity (Wildman–Crippen MR) is 110 cm³/mol. The Kier molecular flexibility index (Phi) is 17.2. The first kappa shape index (κ1) is 24.1. The molecule has 0 saturated carbocycles. The molecule has 0 aliphatic carbocycles. The molecule has 0 heterocycles. The Morgan fingerprint density at radius 2 is 1.82 bits per heavy atom. The van der Waals surface area contributed by atoms with E-state index in [4.69, 9.17) is 0 Å². The van der Waals surface area contributed by atoms with E-state index in [2.05, 4.69) is 16.6 Å². The third-order valence-electron chi connectivity index (χ3n) is 3.20. The number of rotatable bonds is 10. The van der Waals surface area contributed by atoms with E-state index < -0.39 is 0 Å². The minimum absolute atomic E-state index is 0. The molecule has 132 valence electrons. The number of unbranched alkanes of at least 4 members (excludes halogenated alkanes) is 1. The van der Waals surface area contributed by atoms with E-state index in [1.807, 2.05) is 49.4 Å². The number of nitrogens with zero attached hydrogens (tertiary/aromatic N) is 3. The maximum absolute atomic E-state index is 12.1. The lowest BCUT2D eigenvalue weighted by molar-refractivity contribution is -0.131. The normalized spacial score (nSPS) is 10.9. The molecule has 0 aliphatic heterocycles. The van der Waals surface area contributed by atoms with Gasteiger partial charge in [-0.3, -0.25) is 9.79 Å². The molecule has 0 bridgehead atoms. The molecule has 0 aromatic rings. The third-order valence-corrected chi connectivity index (χ3v) is 3.90. The van der Waals surface area contributed by atoms with Gasteiger partial charge in [0.25, 0.3) is 0 Å². The Labute approximate surface area is 157 Å². The zero-order valence-corrected chi connectivity index (χ0v) is 17.9. The molecule has 0 aromatic heterocycles. The first-order valence-corrected chi connectivity index (χ1v) is 9.26. The van der Waals surface area contributed by atoms with Crippen LogP contribution in [0.5, 0.6) is 0 Å². The summed E-state index contributed by atoms with van der Waals surface area (Å²) in [7, 11) is 1.92. The highest BCUT2D eigenvalue weighted by Gasteiger charge is 2.14. The Bertz CT molecular complexity index is 312. The molecule has 5 nitrogen and oxygen atoms in total. The number of hydrogen-bond donors (Lipinski definition) is 1. The van der Waals surface area contributed by atoms with Gasteiger partial charge in [0.1, 0.15) is 0 Å². The summed E-state index contributed by atoms with van der Waals surface area (Å²) < 4.78 is 0. The van der Waals surface area contributed by atoms with Crippen molar-refractivity contribution in [3.8, 4) is 0 Å². The van der Waals surface area contributed by atoms with Crippen molar-refractivity contribution < 1.29 is 4.79 Å². The maximum Gasteiger partial charge on any atom is 0.242 e. The van der Waals surface area contributed by atoms with Gasteiger partial charge in [-0.1, -0.05) is 0 Å². The number of aliphatic imine (C=N–C) groups is 1. The number of nitrogens with one attached hydrogen (secondary N) is 1. The summed E-state index contributed by atoms with van der Waals surface area (Å²) in [4.78, 5) is 20.5. The number of thioether (sulfide) groups is 1. The second-order valence-electron chi connectivity index (χ2n) is 4.86. The molecule has 0 fully saturated rings. The molecule has 7 heteroatoms. The Morgan fingerprint density at radius 1 is 1.18 bits per heavy atom. The van der Waals surface area contributed by atoms with Gasteiger partial charge in [-0.2, -0.15) is 11.8 Å². The van der Waals surface area contributed by atoms with Crippen molar-refractivity contribution in [1.29, 1.82) is 0 Å². The summed E-state index contributed by atoms with van der Waals surface area (Å²) in [5.41, 5.74) is 0. The summed E-state index contributed by atoms with van der Waals surface area (Å²) in [6.45, 7) is 9.57. The van der Waals surface area contributed by atoms with Crippen LogP contribution < -0.4 is 5.32 Å². The molecule has 1 N–H and O–H groups in total. The van der Waals surface area contributed by atoms with E-state index >= 15 is 0 Å². The van der Waals surface area contributed by atoms with Crippen LogP contribution in [0.2, 0.25) is 0 Å². The van der Waals surface area contributed by atoms with Gasteiger partial charge < -0.3 is 15.1 Å². The summed E-state index contributed by atoms with van der Waals surface area (Å²) in [5.74, 6) is 2.15. The molecule has 0 aliphatic rings. The van der Waals surface area contributed by atoms with Crippen molar-refractivity contribution in [2.45, 2.75) is 33.6 Å². The highest BCUT2D eigenvalue weighted by atomic mass is 127. The Balaban J connectivity index is 0. The topological polar surface area (TPSA) is 47.9 Å². The van der Waals surface area contributed by atoms with E-state index in [1.54, 1.807) is 0 Å². The smallest absolute Gasteiger partial charge is 0.242 e. The minimum Gasteiger partial charge on any atom is -0.357 e. The largest absolute Gasteiger partial charge is 0.357 e. The molecule has 0 atom stereocenters. The van der Waals surface area contributed by atoms with Crippen LogP contribution in [0.1, 0.15) is 33.6 Å². The van der Waals surface area contributed by atoms with Crippen LogP contribution in [-0.2, 0) is 4.79 Å². The van der Waals surface area contributed by atoms with Gasteiger partial charge in [-0.05, 0) is 45.6 Å². The summed E-state index contributed by atoms with van der Waals surface area (Å²) in [6, 6.07) is 0. The number of amides is 1.